The van der Waals surface area contributed by atoms with Crippen molar-refractivity contribution in [3.63, 3.8) is 0 Å². The number of thiophene rings is 1. The van der Waals surface area contributed by atoms with E-state index in [0.29, 0.717) is 21.5 Å². The molecule has 2 aromatic heterocycles. The molecule has 0 aliphatic carbocycles. The maximum absolute atomic E-state index is 12.8. The highest BCUT2D eigenvalue weighted by molar-refractivity contribution is 7.21. The number of aromatic nitrogens is 2. The van der Waals surface area contributed by atoms with Crippen LogP contribution in [0, 0.1) is 6.92 Å². The standard InChI is InChI=1S/C17H17Cl2N3OS/c1-4-22-9-11(10(2)20-22)8-21(3)17(23)16-15(19)14-12(18)6-5-7-13(14)24-16/h5-7,9H,4,8H2,1-3H3. The van der Waals surface area contributed by atoms with Crippen molar-refractivity contribution in [2.45, 2.75) is 26.9 Å². The van der Waals surface area contributed by atoms with Crippen molar-refractivity contribution in [3.05, 3.63) is 50.6 Å². The number of hydrogen-bond donors (Lipinski definition) is 0. The minimum absolute atomic E-state index is 0.110. The summed E-state index contributed by atoms with van der Waals surface area (Å²) in [5.74, 6) is -0.110. The van der Waals surface area contributed by atoms with Gasteiger partial charge in [-0.1, -0.05) is 29.3 Å². The van der Waals surface area contributed by atoms with Crippen molar-refractivity contribution in [1.82, 2.24) is 14.7 Å². The van der Waals surface area contributed by atoms with Crippen molar-refractivity contribution in [3.8, 4) is 0 Å². The van der Waals surface area contributed by atoms with Gasteiger partial charge in [-0.2, -0.15) is 5.10 Å². The first-order valence-corrected chi connectivity index (χ1v) is 9.14. The fourth-order valence-corrected chi connectivity index (χ4v) is 4.53. The van der Waals surface area contributed by atoms with E-state index in [-0.39, 0.29) is 5.91 Å². The van der Waals surface area contributed by atoms with E-state index in [1.807, 2.05) is 36.9 Å². The number of hydrogen-bond acceptors (Lipinski definition) is 3. The lowest BCUT2D eigenvalue weighted by atomic mass is 10.2. The minimum atomic E-state index is -0.110. The lowest BCUT2D eigenvalue weighted by Gasteiger charge is -2.16. The average Bonchev–Trinajstić information content (AvgIpc) is 3.08. The van der Waals surface area contributed by atoms with Crippen LogP contribution in [0.3, 0.4) is 0 Å². The predicted octanol–water partition coefficient (Wildman–Crippen LogP) is 5.01. The van der Waals surface area contributed by atoms with Gasteiger partial charge < -0.3 is 4.90 Å². The Morgan fingerprint density at radius 1 is 1.38 bits per heavy atom. The normalized spacial score (nSPS) is 11.2. The first kappa shape index (κ1) is 17.3. The van der Waals surface area contributed by atoms with Crippen molar-refractivity contribution < 1.29 is 4.79 Å². The fraction of sp³-hybridized carbons (Fsp3) is 0.294. The molecule has 0 saturated heterocycles. The van der Waals surface area contributed by atoms with E-state index >= 15 is 0 Å². The molecule has 1 amide bonds. The van der Waals surface area contributed by atoms with Crippen molar-refractivity contribution in [1.29, 1.82) is 0 Å². The number of aryl methyl sites for hydroxylation is 2. The van der Waals surface area contributed by atoms with E-state index in [0.717, 1.165) is 27.9 Å². The lowest BCUT2D eigenvalue weighted by Crippen LogP contribution is -2.25. The highest BCUT2D eigenvalue weighted by atomic mass is 35.5. The van der Waals surface area contributed by atoms with Crippen LogP contribution in [0.2, 0.25) is 10.0 Å². The second kappa shape index (κ2) is 6.75. The number of rotatable bonds is 4. The molecular formula is C17H17Cl2N3OS. The number of amides is 1. The van der Waals surface area contributed by atoms with Crippen LogP contribution in [0.4, 0.5) is 0 Å². The summed E-state index contributed by atoms with van der Waals surface area (Å²) in [7, 11) is 1.77. The van der Waals surface area contributed by atoms with Gasteiger partial charge in [-0.3, -0.25) is 9.48 Å². The van der Waals surface area contributed by atoms with E-state index in [9.17, 15) is 4.79 Å². The van der Waals surface area contributed by atoms with Crippen LogP contribution in [0.5, 0.6) is 0 Å². The summed E-state index contributed by atoms with van der Waals surface area (Å²) in [6.07, 6.45) is 1.97. The van der Waals surface area contributed by atoms with Gasteiger partial charge >= 0.3 is 0 Å². The van der Waals surface area contributed by atoms with Gasteiger partial charge in [-0.05, 0) is 26.0 Å². The molecule has 7 heteroatoms. The van der Waals surface area contributed by atoms with E-state index in [4.69, 9.17) is 23.2 Å². The highest BCUT2D eigenvalue weighted by Crippen LogP contribution is 2.39. The third-order valence-corrected chi connectivity index (χ3v) is 5.87. The zero-order chi connectivity index (χ0) is 17.4. The lowest BCUT2D eigenvalue weighted by molar-refractivity contribution is 0.0790. The van der Waals surface area contributed by atoms with Crippen LogP contribution < -0.4 is 0 Å². The average molecular weight is 382 g/mol. The number of nitrogens with zero attached hydrogens (tertiary/aromatic N) is 3. The van der Waals surface area contributed by atoms with Gasteiger partial charge in [-0.25, -0.2) is 0 Å². The molecule has 0 spiro atoms. The molecule has 2 heterocycles. The van der Waals surface area contributed by atoms with Crippen LogP contribution in [0.1, 0.15) is 27.9 Å². The molecule has 0 fully saturated rings. The maximum atomic E-state index is 12.8. The summed E-state index contributed by atoms with van der Waals surface area (Å²) < 4.78 is 2.79. The third kappa shape index (κ3) is 3.04. The van der Waals surface area contributed by atoms with Gasteiger partial charge in [-0.15, -0.1) is 11.3 Å². The van der Waals surface area contributed by atoms with Crippen LogP contribution in [-0.4, -0.2) is 27.6 Å². The largest absolute Gasteiger partial charge is 0.337 e. The summed E-state index contributed by atoms with van der Waals surface area (Å²) >= 11 is 14.0. The van der Waals surface area contributed by atoms with Gasteiger partial charge in [0.25, 0.3) is 5.91 Å². The molecule has 0 N–H and O–H groups in total. The van der Waals surface area contributed by atoms with Crippen LogP contribution in [-0.2, 0) is 13.1 Å². The zero-order valence-electron chi connectivity index (χ0n) is 13.6. The molecule has 0 atom stereocenters. The first-order valence-electron chi connectivity index (χ1n) is 7.57. The molecule has 3 aromatic rings. The van der Waals surface area contributed by atoms with Crippen LogP contribution in [0.25, 0.3) is 10.1 Å². The number of benzene rings is 1. The third-order valence-electron chi connectivity index (χ3n) is 3.93. The number of carbonyl (C=O) groups is 1. The number of carbonyl (C=O) groups excluding carboxylic acids is 1. The van der Waals surface area contributed by atoms with E-state index < -0.39 is 0 Å². The number of halogens is 2. The Bertz CT molecular complexity index is 916. The minimum Gasteiger partial charge on any atom is -0.337 e. The summed E-state index contributed by atoms with van der Waals surface area (Å²) in [6, 6.07) is 5.56. The molecule has 3 rings (SSSR count). The Hall–Kier alpha value is -1.56. The van der Waals surface area contributed by atoms with Crippen LogP contribution >= 0.6 is 34.5 Å². The van der Waals surface area contributed by atoms with Gasteiger partial charge in [0, 0.05) is 42.0 Å². The van der Waals surface area contributed by atoms with E-state index in [1.54, 1.807) is 18.0 Å². The molecule has 0 saturated carbocycles. The molecule has 0 bridgehead atoms. The first-order chi connectivity index (χ1) is 11.4. The van der Waals surface area contributed by atoms with E-state index in [1.165, 1.54) is 11.3 Å². The Morgan fingerprint density at radius 3 is 2.75 bits per heavy atom. The van der Waals surface area contributed by atoms with Gasteiger partial charge in [0.2, 0.25) is 0 Å². The molecule has 0 aliphatic rings. The molecular weight excluding hydrogens is 365 g/mol. The second-order valence-corrected chi connectivity index (χ2v) is 7.45. The smallest absolute Gasteiger partial charge is 0.265 e. The Labute approximate surface area is 154 Å². The van der Waals surface area contributed by atoms with E-state index in [2.05, 4.69) is 5.10 Å². The Kier molecular flexibility index (Phi) is 4.85. The predicted molar refractivity (Wildman–Crippen MR) is 100 cm³/mol. The van der Waals surface area contributed by atoms with Crippen LogP contribution in [0.15, 0.2) is 24.4 Å². The van der Waals surface area contributed by atoms with Gasteiger partial charge in [0.05, 0.1) is 15.7 Å². The second-order valence-electron chi connectivity index (χ2n) is 5.61. The van der Waals surface area contributed by atoms with Crippen molar-refractivity contribution in [2.24, 2.45) is 0 Å². The zero-order valence-corrected chi connectivity index (χ0v) is 16.0. The summed E-state index contributed by atoms with van der Waals surface area (Å²) in [4.78, 5) is 15.0. The van der Waals surface area contributed by atoms with Gasteiger partial charge in [0.15, 0.2) is 0 Å². The Balaban J connectivity index is 1.89. The molecule has 0 unspecified atom stereocenters. The monoisotopic (exact) mass is 381 g/mol. The van der Waals surface area contributed by atoms with Crippen molar-refractivity contribution in [2.75, 3.05) is 7.05 Å². The Morgan fingerprint density at radius 2 is 2.12 bits per heavy atom. The molecule has 4 nitrogen and oxygen atoms in total. The van der Waals surface area contributed by atoms with Gasteiger partial charge in [0.1, 0.15) is 4.88 Å². The SMILES string of the molecule is CCn1cc(CN(C)C(=O)c2sc3cccc(Cl)c3c2Cl)c(C)n1. The van der Waals surface area contributed by atoms with Crippen molar-refractivity contribution >= 4 is 50.5 Å². The molecule has 0 aliphatic heterocycles. The quantitative estimate of drug-likeness (QED) is 0.637. The fourth-order valence-electron chi connectivity index (χ4n) is 2.59. The molecule has 24 heavy (non-hydrogen) atoms. The maximum Gasteiger partial charge on any atom is 0.265 e. The molecule has 1 aromatic carbocycles. The summed E-state index contributed by atoms with van der Waals surface area (Å²) in [5, 5.41) is 6.16. The number of fused-ring (bicyclic) bond motifs is 1. The topological polar surface area (TPSA) is 38.1 Å². The molecule has 0 radical (unpaired) electrons. The summed E-state index contributed by atoms with van der Waals surface area (Å²) in [5.41, 5.74) is 1.96. The summed E-state index contributed by atoms with van der Waals surface area (Å²) in [6.45, 7) is 5.28. The molecule has 126 valence electrons. The highest BCUT2D eigenvalue weighted by Gasteiger charge is 2.22.